The minimum absolute atomic E-state index is 0.0995. The molecule has 0 spiro atoms. The molecule has 1 saturated heterocycles. The third-order valence-electron chi connectivity index (χ3n) is 4.60. The molecule has 0 bridgehead atoms. The molecule has 0 unspecified atom stereocenters. The first-order valence-electron chi connectivity index (χ1n) is 11.1. The number of amides is 1. The fraction of sp³-hybridized carbons (Fsp3) is 0.400. The number of nitrogens with two attached hydrogens (primary N) is 3. The molecule has 0 saturated carbocycles. The summed E-state index contributed by atoms with van der Waals surface area (Å²) in [4.78, 5) is 62.3. The highest BCUT2D eigenvalue weighted by molar-refractivity contribution is 6.02. The molecule has 4 rings (SSSR count). The molecule has 13 N–H and O–H groups in total. The molecule has 0 aromatic carbocycles. The average Bonchev–Trinajstić information content (AvgIpc) is 3.61. The molecule has 0 aliphatic carbocycles. The van der Waals surface area contributed by atoms with Crippen molar-refractivity contribution < 1.29 is 24.6 Å². The summed E-state index contributed by atoms with van der Waals surface area (Å²) < 4.78 is 0. The lowest BCUT2D eigenvalue weighted by Gasteiger charge is -2.03. The number of guanidine groups is 1. The number of carboxylic acid groups (broad SMARTS) is 2. The van der Waals surface area contributed by atoms with Crippen LogP contribution in [0.15, 0.2) is 30.0 Å². The second kappa shape index (κ2) is 16.1. The molecule has 1 aliphatic heterocycles. The van der Waals surface area contributed by atoms with Crippen molar-refractivity contribution in [2.24, 2.45) is 17.2 Å². The van der Waals surface area contributed by atoms with Crippen LogP contribution in [0.3, 0.4) is 0 Å². The number of rotatable bonds is 7. The Bertz CT molecular complexity index is 1220. The third-order valence-corrected chi connectivity index (χ3v) is 4.60. The molecule has 38 heavy (non-hydrogen) atoms. The van der Waals surface area contributed by atoms with Crippen LogP contribution in [0.4, 0.5) is 0 Å². The molecule has 18 heteroatoms. The van der Waals surface area contributed by atoms with Crippen molar-refractivity contribution in [3.05, 3.63) is 41.2 Å². The number of hydrogen-bond donors (Lipinski definition) is 10. The Labute approximate surface area is 215 Å². The first-order valence-corrected chi connectivity index (χ1v) is 11.1. The molecule has 4 heterocycles. The number of carboxylic acids is 2. The van der Waals surface area contributed by atoms with Gasteiger partial charge < -0.3 is 47.3 Å². The number of aromatic amines is 3. The van der Waals surface area contributed by atoms with Crippen molar-refractivity contribution in [3.63, 3.8) is 0 Å². The Kier molecular flexibility index (Phi) is 13.3. The van der Waals surface area contributed by atoms with E-state index in [4.69, 9.17) is 32.8 Å². The minimum Gasteiger partial charge on any atom is -0.480 e. The van der Waals surface area contributed by atoms with E-state index in [0.717, 1.165) is 5.69 Å². The predicted molar refractivity (Wildman–Crippen MR) is 135 cm³/mol. The zero-order chi connectivity index (χ0) is 28.7. The standard InChI is InChI=1S/C6H9N3O2.C5H4N4O.C5H12N2O2.C4H7N3O/c7-5(6(10)11)1-4-2-8-3-9-4;10-5-3-4(7-1-6-3)8-2-9-5;6-3-1-2-4(7)5(8)9;1-7-2-3(8)6-4(7)5/h2-3,5H,1,7H2,(H,8,9)(H,10,11);1-2H,(H2,6,7,8,9,10);4H,1-3,6-7H2,(H,8,9);2H2,1H3,(H2,5,6,8)/t5-;;4-;/m0.0./s1. The number of H-pyrrole nitrogens is 3. The van der Waals surface area contributed by atoms with Gasteiger partial charge in [0.2, 0.25) is 5.91 Å². The van der Waals surface area contributed by atoms with Crippen molar-refractivity contribution in [2.45, 2.75) is 31.3 Å². The van der Waals surface area contributed by atoms with E-state index in [0.29, 0.717) is 37.1 Å². The molecule has 1 aliphatic rings. The number of aromatic nitrogens is 6. The molecule has 208 valence electrons. The Balaban J connectivity index is 0.000000255. The maximum Gasteiger partial charge on any atom is 0.320 e. The van der Waals surface area contributed by atoms with Gasteiger partial charge in [-0.3, -0.25) is 29.9 Å². The number of likely N-dealkylation sites (N-methyl/N-ethyl adjacent to an activating group) is 1. The van der Waals surface area contributed by atoms with Gasteiger partial charge in [-0.1, -0.05) is 0 Å². The van der Waals surface area contributed by atoms with Crippen LogP contribution in [0.1, 0.15) is 18.5 Å². The van der Waals surface area contributed by atoms with Crippen LogP contribution in [0.5, 0.6) is 0 Å². The van der Waals surface area contributed by atoms with Crippen LogP contribution < -0.4 is 28.1 Å². The van der Waals surface area contributed by atoms with Gasteiger partial charge in [0.15, 0.2) is 17.1 Å². The van der Waals surface area contributed by atoms with Gasteiger partial charge >= 0.3 is 11.9 Å². The highest BCUT2D eigenvalue weighted by atomic mass is 16.4. The van der Waals surface area contributed by atoms with Gasteiger partial charge in [-0.2, -0.15) is 0 Å². The van der Waals surface area contributed by atoms with Crippen LogP contribution in [0.2, 0.25) is 0 Å². The summed E-state index contributed by atoms with van der Waals surface area (Å²) >= 11 is 0. The number of aliphatic carboxylic acids is 2. The molecule has 3 aromatic rings. The van der Waals surface area contributed by atoms with Gasteiger partial charge in [-0.15, -0.1) is 0 Å². The fourth-order valence-electron chi connectivity index (χ4n) is 2.52. The molecule has 18 nitrogen and oxygen atoms in total. The quantitative estimate of drug-likeness (QED) is 0.145. The number of imidazole rings is 2. The van der Waals surface area contributed by atoms with Crippen molar-refractivity contribution in [1.29, 1.82) is 5.41 Å². The summed E-state index contributed by atoms with van der Waals surface area (Å²) in [5.74, 6) is -1.87. The zero-order valence-corrected chi connectivity index (χ0v) is 20.5. The molecule has 1 amide bonds. The fourth-order valence-corrected chi connectivity index (χ4v) is 2.52. The normalized spacial score (nSPS) is 13.6. The first-order chi connectivity index (χ1) is 18.0. The van der Waals surface area contributed by atoms with E-state index in [-0.39, 0.29) is 23.8 Å². The number of carbonyl (C=O) groups is 3. The van der Waals surface area contributed by atoms with E-state index >= 15 is 0 Å². The van der Waals surface area contributed by atoms with Crippen LogP contribution in [0, 0.1) is 5.41 Å². The Morgan fingerprint density at radius 1 is 1.08 bits per heavy atom. The maximum atomic E-state index is 10.9. The van der Waals surface area contributed by atoms with Gasteiger partial charge in [0, 0.05) is 25.4 Å². The SMILES string of the molecule is CN1CC(=O)NC1=N.NCCC[C@H](N)C(=O)O.N[C@@H](Cc1cnc[nH]1)C(=O)O.O=c1[nH]cnc2nc[nH]c12. The van der Waals surface area contributed by atoms with Gasteiger partial charge in [0.1, 0.15) is 12.1 Å². The largest absolute Gasteiger partial charge is 0.480 e. The predicted octanol–water partition coefficient (Wildman–Crippen LogP) is -2.87. The summed E-state index contributed by atoms with van der Waals surface area (Å²) in [6.07, 6.45) is 7.24. The van der Waals surface area contributed by atoms with Crippen molar-refractivity contribution in [1.82, 2.24) is 40.1 Å². The van der Waals surface area contributed by atoms with Crippen molar-refractivity contribution >= 4 is 35.0 Å². The maximum absolute atomic E-state index is 10.9. The minimum atomic E-state index is -1.00. The Hall–Kier alpha value is -4.68. The van der Waals surface area contributed by atoms with Gasteiger partial charge in [-0.25, -0.2) is 15.0 Å². The molecular weight excluding hydrogens is 504 g/mol. The summed E-state index contributed by atoms with van der Waals surface area (Å²) in [6, 6.07) is -1.59. The van der Waals surface area contributed by atoms with Gasteiger partial charge in [0.05, 0.1) is 25.5 Å². The molecular formula is C20H32N12O6. The lowest BCUT2D eigenvalue weighted by atomic mass is 10.2. The van der Waals surface area contributed by atoms with Crippen LogP contribution in [0.25, 0.3) is 11.2 Å². The Morgan fingerprint density at radius 3 is 2.13 bits per heavy atom. The summed E-state index contributed by atoms with van der Waals surface area (Å²) in [7, 11) is 1.69. The van der Waals surface area contributed by atoms with Crippen LogP contribution in [-0.2, 0) is 20.8 Å². The third kappa shape index (κ3) is 11.4. The molecule has 1 fully saturated rings. The summed E-state index contributed by atoms with van der Waals surface area (Å²) in [5.41, 5.74) is 16.9. The van der Waals surface area contributed by atoms with E-state index in [1.54, 1.807) is 18.1 Å². The first kappa shape index (κ1) is 31.4. The van der Waals surface area contributed by atoms with E-state index in [1.807, 2.05) is 0 Å². The second-order valence-corrected chi connectivity index (χ2v) is 7.69. The lowest BCUT2D eigenvalue weighted by Crippen LogP contribution is -2.32. The highest BCUT2D eigenvalue weighted by Crippen LogP contribution is 1.96. The number of fused-ring (bicyclic) bond motifs is 1. The zero-order valence-electron chi connectivity index (χ0n) is 20.5. The summed E-state index contributed by atoms with van der Waals surface area (Å²) in [5, 5.41) is 26.0. The number of nitrogens with zero attached hydrogens (tertiary/aromatic N) is 4. The van der Waals surface area contributed by atoms with E-state index in [9.17, 15) is 19.2 Å². The molecule has 0 radical (unpaired) electrons. The van der Waals surface area contributed by atoms with Crippen molar-refractivity contribution in [2.75, 3.05) is 20.1 Å². The Morgan fingerprint density at radius 2 is 1.71 bits per heavy atom. The van der Waals surface area contributed by atoms with Gasteiger partial charge in [-0.05, 0) is 19.4 Å². The van der Waals surface area contributed by atoms with Crippen molar-refractivity contribution in [3.8, 4) is 0 Å². The average molecular weight is 537 g/mol. The smallest absolute Gasteiger partial charge is 0.320 e. The van der Waals surface area contributed by atoms with E-state index < -0.39 is 24.0 Å². The van der Waals surface area contributed by atoms with E-state index in [1.165, 1.54) is 19.0 Å². The monoisotopic (exact) mass is 536 g/mol. The molecule has 2 atom stereocenters. The highest BCUT2D eigenvalue weighted by Gasteiger charge is 2.18. The lowest BCUT2D eigenvalue weighted by molar-refractivity contribution is -0.139. The van der Waals surface area contributed by atoms with Crippen LogP contribution in [-0.4, -0.2) is 101 Å². The topological polar surface area (TPSA) is 312 Å². The summed E-state index contributed by atoms with van der Waals surface area (Å²) in [6.45, 7) is 0.819. The number of carbonyl (C=O) groups excluding carboxylic acids is 1. The molecule has 3 aromatic heterocycles. The van der Waals surface area contributed by atoms with E-state index in [2.05, 4.69) is 35.2 Å². The van der Waals surface area contributed by atoms with Gasteiger partial charge in [0.25, 0.3) is 5.56 Å². The number of nitrogens with one attached hydrogen (secondary N) is 5. The number of hydrogen-bond acceptors (Lipinski definition) is 11. The second-order valence-electron chi connectivity index (χ2n) is 7.69. The van der Waals surface area contributed by atoms with Crippen LogP contribution >= 0.6 is 0 Å².